The lowest BCUT2D eigenvalue weighted by Gasteiger charge is -2.33. The van der Waals surface area contributed by atoms with E-state index in [9.17, 15) is 0 Å². The van der Waals surface area contributed by atoms with Crippen LogP contribution in [0.2, 0.25) is 0 Å². The summed E-state index contributed by atoms with van der Waals surface area (Å²) in [5.74, 6) is 0.860. The fourth-order valence-corrected chi connectivity index (χ4v) is 2.53. The van der Waals surface area contributed by atoms with E-state index in [0.29, 0.717) is 6.10 Å². The van der Waals surface area contributed by atoms with Crippen LogP contribution >= 0.6 is 24.7 Å². The molecule has 0 saturated heterocycles. The second-order valence-corrected chi connectivity index (χ2v) is 4.40. The fraction of sp³-hybridized carbons (Fsp3) is 1.00. The Morgan fingerprint density at radius 3 is 2.46 bits per heavy atom. The van der Waals surface area contributed by atoms with Gasteiger partial charge in [-0.3, -0.25) is 4.90 Å². The fourth-order valence-electron chi connectivity index (χ4n) is 1.83. The summed E-state index contributed by atoms with van der Waals surface area (Å²) in [6.45, 7) is 0. The summed E-state index contributed by atoms with van der Waals surface area (Å²) >= 11 is 5.77. The largest absolute Gasteiger partial charge is 0.312 e. The molecule has 1 aliphatic carbocycles. The number of hydrogen-bond donors (Lipinski definition) is 1. The summed E-state index contributed by atoms with van der Waals surface area (Å²) in [5, 5.41) is 0. The highest BCUT2D eigenvalue weighted by atomic mass is 32.2. The maximum absolute atomic E-state index is 5.52. The standard InChI is InChI=1S/C9H19NOS2/c1-10(7-12)8-3-5-9(6-4-8)11-13-2/h8-9,12H,3-7H2,1-2H3/t8-,9+. The molecule has 1 aliphatic rings. The van der Waals surface area contributed by atoms with Crippen LogP contribution in [0.25, 0.3) is 0 Å². The van der Waals surface area contributed by atoms with Crippen molar-refractivity contribution in [3.05, 3.63) is 0 Å². The first-order chi connectivity index (χ1) is 6.27. The second-order valence-electron chi connectivity index (χ2n) is 3.59. The maximum Gasteiger partial charge on any atom is 0.0723 e. The van der Waals surface area contributed by atoms with Crippen molar-refractivity contribution in [2.24, 2.45) is 0 Å². The third-order valence-corrected chi connectivity index (χ3v) is 3.63. The van der Waals surface area contributed by atoms with Gasteiger partial charge in [-0.25, -0.2) is 0 Å². The molecule has 1 rings (SSSR count). The molecule has 0 aliphatic heterocycles. The highest BCUT2D eigenvalue weighted by Gasteiger charge is 2.23. The molecular formula is C9H19NOS2. The minimum atomic E-state index is 0.486. The van der Waals surface area contributed by atoms with Crippen molar-refractivity contribution in [1.29, 1.82) is 0 Å². The molecule has 1 saturated carbocycles. The summed E-state index contributed by atoms with van der Waals surface area (Å²) in [4.78, 5) is 2.32. The molecule has 0 atom stereocenters. The van der Waals surface area contributed by atoms with E-state index in [1.807, 2.05) is 6.26 Å². The van der Waals surface area contributed by atoms with Gasteiger partial charge in [0.05, 0.1) is 6.10 Å². The summed E-state index contributed by atoms with van der Waals surface area (Å²) in [5.41, 5.74) is 0. The van der Waals surface area contributed by atoms with Gasteiger partial charge in [-0.05, 0) is 44.8 Å². The van der Waals surface area contributed by atoms with E-state index >= 15 is 0 Å². The third kappa shape index (κ3) is 3.70. The molecule has 0 unspecified atom stereocenters. The average molecular weight is 221 g/mol. The molecule has 0 aromatic rings. The van der Waals surface area contributed by atoms with Crippen LogP contribution in [0, 0.1) is 0 Å². The Labute approximate surface area is 91.0 Å². The van der Waals surface area contributed by atoms with Crippen molar-refractivity contribution in [3.8, 4) is 0 Å². The van der Waals surface area contributed by atoms with E-state index in [1.165, 1.54) is 37.7 Å². The molecule has 0 heterocycles. The van der Waals surface area contributed by atoms with Gasteiger partial charge in [0, 0.05) is 18.2 Å². The average Bonchev–Trinajstić information content (AvgIpc) is 2.18. The molecule has 13 heavy (non-hydrogen) atoms. The first-order valence-electron chi connectivity index (χ1n) is 4.78. The molecular weight excluding hydrogens is 202 g/mol. The number of thiol groups is 1. The Morgan fingerprint density at radius 2 is 2.00 bits per heavy atom. The number of hydrogen-bond acceptors (Lipinski definition) is 4. The van der Waals surface area contributed by atoms with E-state index in [4.69, 9.17) is 4.18 Å². The van der Waals surface area contributed by atoms with Crippen molar-refractivity contribution in [2.45, 2.75) is 37.8 Å². The van der Waals surface area contributed by atoms with Gasteiger partial charge >= 0.3 is 0 Å². The molecule has 0 bridgehead atoms. The molecule has 0 amide bonds. The zero-order chi connectivity index (χ0) is 9.68. The minimum Gasteiger partial charge on any atom is -0.312 e. The molecule has 0 N–H and O–H groups in total. The van der Waals surface area contributed by atoms with Gasteiger partial charge in [0.1, 0.15) is 0 Å². The smallest absolute Gasteiger partial charge is 0.0723 e. The molecule has 1 fully saturated rings. The van der Waals surface area contributed by atoms with Crippen LogP contribution in [-0.2, 0) is 4.18 Å². The van der Waals surface area contributed by atoms with Crippen molar-refractivity contribution in [1.82, 2.24) is 4.90 Å². The summed E-state index contributed by atoms with van der Waals surface area (Å²) in [6, 6.07) is 0.721. The predicted octanol–water partition coefficient (Wildman–Crippen LogP) is 2.41. The minimum absolute atomic E-state index is 0.486. The van der Waals surface area contributed by atoms with Gasteiger partial charge in [-0.1, -0.05) is 0 Å². The van der Waals surface area contributed by atoms with Crippen molar-refractivity contribution in [3.63, 3.8) is 0 Å². The molecule has 0 radical (unpaired) electrons. The SMILES string of the molecule is CSO[C@H]1CC[C@@H](N(C)CS)CC1. The maximum atomic E-state index is 5.52. The summed E-state index contributed by atoms with van der Waals surface area (Å²) in [6.07, 6.45) is 7.38. The van der Waals surface area contributed by atoms with E-state index in [2.05, 4.69) is 24.6 Å². The van der Waals surface area contributed by atoms with E-state index in [-0.39, 0.29) is 0 Å². The normalized spacial score (nSPS) is 29.5. The first kappa shape index (κ1) is 11.7. The lowest BCUT2D eigenvalue weighted by Crippen LogP contribution is -2.35. The van der Waals surface area contributed by atoms with Crippen LogP contribution in [0.4, 0.5) is 0 Å². The van der Waals surface area contributed by atoms with Crippen LogP contribution in [0.3, 0.4) is 0 Å². The molecule has 78 valence electrons. The monoisotopic (exact) mass is 221 g/mol. The Balaban J connectivity index is 2.22. The van der Waals surface area contributed by atoms with Gasteiger partial charge in [-0.2, -0.15) is 12.6 Å². The Hall–Kier alpha value is 0.620. The second kappa shape index (κ2) is 6.17. The lowest BCUT2D eigenvalue weighted by atomic mass is 9.92. The zero-order valence-corrected chi connectivity index (χ0v) is 10.1. The first-order valence-corrected chi connectivity index (χ1v) is 6.56. The van der Waals surface area contributed by atoms with Crippen molar-refractivity contribution >= 4 is 24.7 Å². The van der Waals surface area contributed by atoms with E-state index < -0.39 is 0 Å². The highest BCUT2D eigenvalue weighted by Crippen LogP contribution is 2.26. The summed E-state index contributed by atoms with van der Waals surface area (Å²) in [7, 11) is 2.15. The Kier molecular flexibility index (Phi) is 5.55. The highest BCUT2D eigenvalue weighted by molar-refractivity contribution is 7.93. The van der Waals surface area contributed by atoms with Crippen LogP contribution < -0.4 is 0 Å². The van der Waals surface area contributed by atoms with Crippen LogP contribution in [0.1, 0.15) is 25.7 Å². The molecule has 2 nitrogen and oxygen atoms in total. The van der Waals surface area contributed by atoms with Crippen LogP contribution in [0.5, 0.6) is 0 Å². The van der Waals surface area contributed by atoms with Gasteiger partial charge in [0.15, 0.2) is 0 Å². The molecule has 4 heteroatoms. The quantitative estimate of drug-likeness (QED) is 0.445. The predicted molar refractivity (Wildman–Crippen MR) is 62.3 cm³/mol. The van der Waals surface area contributed by atoms with Gasteiger partial charge < -0.3 is 4.18 Å². The molecule has 0 aromatic carbocycles. The lowest BCUT2D eigenvalue weighted by molar-refractivity contribution is 0.127. The molecule has 0 spiro atoms. The Bertz CT molecular complexity index is 138. The Morgan fingerprint density at radius 1 is 1.38 bits per heavy atom. The zero-order valence-electron chi connectivity index (χ0n) is 8.40. The van der Waals surface area contributed by atoms with E-state index in [0.717, 1.165) is 11.9 Å². The van der Waals surface area contributed by atoms with Crippen LogP contribution in [-0.4, -0.2) is 36.2 Å². The van der Waals surface area contributed by atoms with Gasteiger partial charge in [0.25, 0.3) is 0 Å². The summed E-state index contributed by atoms with van der Waals surface area (Å²) < 4.78 is 5.52. The van der Waals surface area contributed by atoms with Crippen molar-refractivity contribution < 1.29 is 4.18 Å². The van der Waals surface area contributed by atoms with Crippen molar-refractivity contribution in [2.75, 3.05) is 19.2 Å². The van der Waals surface area contributed by atoms with E-state index in [1.54, 1.807) is 0 Å². The number of nitrogens with zero attached hydrogens (tertiary/aromatic N) is 1. The van der Waals surface area contributed by atoms with Gasteiger partial charge in [-0.15, -0.1) is 0 Å². The van der Waals surface area contributed by atoms with Gasteiger partial charge in [0.2, 0.25) is 0 Å². The number of rotatable bonds is 4. The third-order valence-electron chi connectivity index (χ3n) is 2.72. The molecule has 0 aromatic heterocycles. The van der Waals surface area contributed by atoms with Crippen LogP contribution in [0.15, 0.2) is 0 Å². The topological polar surface area (TPSA) is 12.5 Å².